The number of carbonyl (C=O) groups excluding carboxylic acids is 1. The first kappa shape index (κ1) is 16.9. The first-order valence-corrected chi connectivity index (χ1v) is 8.39. The van der Waals surface area contributed by atoms with Gasteiger partial charge in [-0.3, -0.25) is 14.6 Å². The molecular weight excluding hydrogens is 414 g/mol. The first-order chi connectivity index (χ1) is 10.6. The maximum atomic E-state index is 11.9. The van der Waals surface area contributed by atoms with Crippen LogP contribution in [0.1, 0.15) is 23.2 Å². The Hall–Kier alpha value is -1.47. The van der Waals surface area contributed by atoms with Gasteiger partial charge >= 0.3 is 0 Å². The maximum absolute atomic E-state index is 11.9. The predicted octanol–water partition coefficient (Wildman–Crippen LogP) is 2.98. The maximum Gasteiger partial charge on any atom is 0.252 e. The van der Waals surface area contributed by atoms with Crippen LogP contribution in [-0.2, 0) is 6.54 Å². The summed E-state index contributed by atoms with van der Waals surface area (Å²) in [5, 5.41) is 2.84. The monoisotopic (exact) mass is 427 g/mol. The number of amides is 1. The van der Waals surface area contributed by atoms with E-state index < -0.39 is 0 Å². The third-order valence-electron chi connectivity index (χ3n) is 3.03. The van der Waals surface area contributed by atoms with Crippen LogP contribution < -0.4 is 10.9 Å². The predicted molar refractivity (Wildman–Crippen MR) is 91.9 cm³/mol. The third kappa shape index (κ3) is 5.06. The van der Waals surface area contributed by atoms with Crippen molar-refractivity contribution in [2.75, 3.05) is 6.54 Å². The van der Waals surface area contributed by atoms with E-state index in [4.69, 9.17) is 0 Å². The van der Waals surface area contributed by atoms with E-state index in [2.05, 4.69) is 42.2 Å². The van der Waals surface area contributed by atoms with Crippen LogP contribution in [0.25, 0.3) is 0 Å². The molecule has 1 N–H and O–H groups in total. The minimum absolute atomic E-state index is 0.0209. The van der Waals surface area contributed by atoms with E-state index in [9.17, 15) is 9.59 Å². The summed E-state index contributed by atoms with van der Waals surface area (Å²) in [6.45, 7) is 1.20. The zero-order valence-corrected chi connectivity index (χ0v) is 14.9. The number of nitrogens with one attached hydrogen (secondary N) is 1. The SMILES string of the molecule is O=C(NCCCCn1cc(Br)ccc1=O)c1cncc(Br)c1. The molecule has 2 heterocycles. The van der Waals surface area contributed by atoms with E-state index >= 15 is 0 Å². The van der Waals surface area contributed by atoms with Crippen LogP contribution in [0.15, 0.2) is 50.5 Å². The first-order valence-electron chi connectivity index (χ1n) is 6.81. The van der Waals surface area contributed by atoms with Crippen LogP contribution >= 0.6 is 31.9 Å². The summed E-state index contributed by atoms with van der Waals surface area (Å²) >= 11 is 6.63. The average molecular weight is 429 g/mol. The molecule has 0 saturated heterocycles. The van der Waals surface area contributed by atoms with Crippen molar-refractivity contribution in [2.24, 2.45) is 0 Å². The van der Waals surface area contributed by atoms with Crippen molar-refractivity contribution in [3.05, 3.63) is 61.7 Å². The molecule has 0 aliphatic carbocycles. The largest absolute Gasteiger partial charge is 0.352 e. The number of hydrogen-bond acceptors (Lipinski definition) is 3. The molecule has 0 aliphatic heterocycles. The summed E-state index contributed by atoms with van der Waals surface area (Å²) in [7, 11) is 0. The van der Waals surface area contributed by atoms with Crippen molar-refractivity contribution in [3.63, 3.8) is 0 Å². The quantitative estimate of drug-likeness (QED) is 0.719. The lowest BCUT2D eigenvalue weighted by Crippen LogP contribution is -2.25. The number of aryl methyl sites for hydroxylation is 1. The Morgan fingerprint density at radius 1 is 1.18 bits per heavy atom. The van der Waals surface area contributed by atoms with Gasteiger partial charge in [0.2, 0.25) is 0 Å². The van der Waals surface area contributed by atoms with Crippen molar-refractivity contribution >= 4 is 37.8 Å². The van der Waals surface area contributed by atoms with Crippen LogP contribution in [0, 0.1) is 0 Å². The van der Waals surface area contributed by atoms with E-state index in [1.165, 1.54) is 12.3 Å². The van der Waals surface area contributed by atoms with Gasteiger partial charge in [0.15, 0.2) is 0 Å². The lowest BCUT2D eigenvalue weighted by atomic mass is 10.2. The summed E-state index contributed by atoms with van der Waals surface area (Å²) in [5.41, 5.74) is 0.505. The fourth-order valence-electron chi connectivity index (χ4n) is 1.92. The number of rotatable bonds is 6. The minimum atomic E-state index is -0.145. The zero-order chi connectivity index (χ0) is 15.9. The Bertz CT molecular complexity index is 716. The lowest BCUT2D eigenvalue weighted by Gasteiger charge is -2.07. The summed E-state index contributed by atoms with van der Waals surface area (Å²) in [6.07, 6.45) is 6.54. The van der Waals surface area contributed by atoms with Crippen LogP contribution in [0.3, 0.4) is 0 Å². The molecule has 1 amide bonds. The molecule has 116 valence electrons. The standard InChI is InChI=1S/C15H15Br2N3O2/c16-12-3-4-14(21)20(10-12)6-2-1-5-19-15(22)11-7-13(17)9-18-8-11/h3-4,7-10H,1-2,5-6H2,(H,19,22). The Morgan fingerprint density at radius 2 is 2.00 bits per heavy atom. The number of nitrogens with zero attached hydrogens (tertiary/aromatic N) is 2. The molecule has 0 spiro atoms. The van der Waals surface area contributed by atoms with Gasteiger partial charge in [0, 0.05) is 46.7 Å². The topological polar surface area (TPSA) is 64.0 Å². The molecule has 0 unspecified atom stereocenters. The average Bonchev–Trinajstić information content (AvgIpc) is 2.50. The van der Waals surface area contributed by atoms with E-state index in [0.29, 0.717) is 18.7 Å². The van der Waals surface area contributed by atoms with Gasteiger partial charge in [-0.15, -0.1) is 0 Å². The highest BCUT2D eigenvalue weighted by atomic mass is 79.9. The summed E-state index contributed by atoms with van der Waals surface area (Å²) in [4.78, 5) is 27.5. The highest BCUT2D eigenvalue weighted by Crippen LogP contribution is 2.09. The van der Waals surface area contributed by atoms with Gasteiger partial charge in [0.05, 0.1) is 5.56 Å². The highest BCUT2D eigenvalue weighted by Gasteiger charge is 2.05. The lowest BCUT2D eigenvalue weighted by molar-refractivity contribution is 0.0952. The van der Waals surface area contributed by atoms with Crippen molar-refractivity contribution in [2.45, 2.75) is 19.4 Å². The Labute approximate surface area is 145 Å². The number of pyridine rings is 2. The minimum Gasteiger partial charge on any atom is -0.352 e. The van der Waals surface area contributed by atoms with Gasteiger partial charge in [-0.25, -0.2) is 0 Å². The van der Waals surface area contributed by atoms with Gasteiger partial charge in [0.25, 0.3) is 11.5 Å². The molecule has 0 saturated carbocycles. The summed E-state index contributed by atoms with van der Waals surface area (Å²) in [6, 6.07) is 4.99. The molecule has 2 aromatic heterocycles. The molecule has 22 heavy (non-hydrogen) atoms. The zero-order valence-electron chi connectivity index (χ0n) is 11.8. The molecule has 0 radical (unpaired) electrons. The van der Waals surface area contributed by atoms with E-state index in [1.54, 1.807) is 29.1 Å². The number of unbranched alkanes of at least 4 members (excludes halogenated alkanes) is 1. The van der Waals surface area contributed by atoms with E-state index in [-0.39, 0.29) is 11.5 Å². The molecule has 7 heteroatoms. The number of aromatic nitrogens is 2. The van der Waals surface area contributed by atoms with Crippen molar-refractivity contribution < 1.29 is 4.79 Å². The van der Waals surface area contributed by atoms with Crippen molar-refractivity contribution in [1.29, 1.82) is 0 Å². The van der Waals surface area contributed by atoms with Gasteiger partial charge in [-0.05, 0) is 56.8 Å². The van der Waals surface area contributed by atoms with Gasteiger partial charge < -0.3 is 9.88 Å². The molecule has 2 aromatic rings. The summed E-state index contributed by atoms with van der Waals surface area (Å²) in [5.74, 6) is -0.145. The fourth-order valence-corrected chi connectivity index (χ4v) is 2.67. The van der Waals surface area contributed by atoms with Crippen LogP contribution in [0.4, 0.5) is 0 Å². The molecule has 0 fully saturated rings. The third-order valence-corrected chi connectivity index (χ3v) is 3.93. The second-order valence-corrected chi connectivity index (χ2v) is 6.57. The number of halogens is 2. The Morgan fingerprint density at radius 3 is 2.77 bits per heavy atom. The smallest absolute Gasteiger partial charge is 0.252 e. The summed E-state index contributed by atoms with van der Waals surface area (Å²) < 4.78 is 3.31. The van der Waals surface area contributed by atoms with E-state index in [1.807, 2.05) is 0 Å². The fraction of sp³-hybridized carbons (Fsp3) is 0.267. The Balaban J connectivity index is 1.74. The second kappa shape index (κ2) is 8.24. The highest BCUT2D eigenvalue weighted by molar-refractivity contribution is 9.10. The second-order valence-electron chi connectivity index (χ2n) is 4.73. The number of carbonyl (C=O) groups is 1. The molecule has 0 atom stereocenters. The van der Waals surface area contributed by atoms with Gasteiger partial charge in [-0.2, -0.15) is 0 Å². The van der Waals surface area contributed by atoms with Crippen molar-refractivity contribution in [3.8, 4) is 0 Å². The molecule has 0 bridgehead atoms. The molecular formula is C15H15Br2N3O2. The number of hydrogen-bond donors (Lipinski definition) is 1. The van der Waals surface area contributed by atoms with Crippen molar-refractivity contribution in [1.82, 2.24) is 14.9 Å². The van der Waals surface area contributed by atoms with Crippen LogP contribution in [-0.4, -0.2) is 22.0 Å². The van der Waals surface area contributed by atoms with E-state index in [0.717, 1.165) is 21.8 Å². The Kier molecular flexibility index (Phi) is 6.33. The van der Waals surface area contributed by atoms with Crippen LogP contribution in [0.5, 0.6) is 0 Å². The molecule has 0 aromatic carbocycles. The normalized spacial score (nSPS) is 10.5. The van der Waals surface area contributed by atoms with Gasteiger partial charge in [-0.1, -0.05) is 0 Å². The molecule has 2 rings (SSSR count). The van der Waals surface area contributed by atoms with Crippen LogP contribution in [0.2, 0.25) is 0 Å². The molecule has 0 aliphatic rings. The van der Waals surface area contributed by atoms with Gasteiger partial charge in [0.1, 0.15) is 0 Å². The molecule has 5 nitrogen and oxygen atoms in total.